The molecule has 1 aromatic rings. The van der Waals surface area contributed by atoms with Gasteiger partial charge in [-0.15, -0.1) is 0 Å². The van der Waals surface area contributed by atoms with E-state index in [4.69, 9.17) is 4.42 Å². The van der Waals surface area contributed by atoms with Gasteiger partial charge in [-0.1, -0.05) is 0 Å². The van der Waals surface area contributed by atoms with Gasteiger partial charge in [0.25, 0.3) is 0 Å². The zero-order chi connectivity index (χ0) is 12.0. The van der Waals surface area contributed by atoms with Gasteiger partial charge in [0.2, 0.25) is 5.89 Å². The molecule has 0 spiro atoms. The first kappa shape index (κ1) is 12.7. The largest absolute Gasteiger partial charge is 0.469 e. The van der Waals surface area contributed by atoms with Crippen LogP contribution in [-0.4, -0.2) is 24.6 Å². The molecule has 5 heteroatoms. The number of oxazole rings is 1. The minimum absolute atomic E-state index is 0.176. The topological polar surface area (TPSA) is 64.4 Å². The number of carbonyl (C=O) groups is 1. The number of aromatic nitrogens is 1. The fraction of sp³-hybridized carbons (Fsp3) is 0.636. The standard InChI is InChI=1S/C11H18N2O3/c1-8-9(2)16-10(13-8)7-12-6-4-5-11(14)15-3/h12H,4-7H2,1-3H3. The predicted molar refractivity (Wildman–Crippen MR) is 58.9 cm³/mol. The average Bonchev–Trinajstić information content (AvgIpc) is 2.57. The van der Waals surface area contributed by atoms with Crippen LogP contribution in [0, 0.1) is 13.8 Å². The molecule has 0 aliphatic carbocycles. The van der Waals surface area contributed by atoms with Crippen LogP contribution in [0.25, 0.3) is 0 Å². The SMILES string of the molecule is COC(=O)CCCNCc1nc(C)c(C)o1. The summed E-state index contributed by atoms with van der Waals surface area (Å²) in [6.07, 6.45) is 1.19. The summed E-state index contributed by atoms with van der Waals surface area (Å²) in [6.45, 7) is 5.15. The van der Waals surface area contributed by atoms with Gasteiger partial charge >= 0.3 is 5.97 Å². The molecule has 16 heavy (non-hydrogen) atoms. The van der Waals surface area contributed by atoms with Crippen molar-refractivity contribution < 1.29 is 13.9 Å². The van der Waals surface area contributed by atoms with Crippen LogP contribution in [0.5, 0.6) is 0 Å². The van der Waals surface area contributed by atoms with Gasteiger partial charge in [0, 0.05) is 6.42 Å². The Morgan fingerprint density at radius 2 is 2.25 bits per heavy atom. The van der Waals surface area contributed by atoms with E-state index in [1.54, 1.807) is 0 Å². The Kier molecular flexibility index (Phi) is 4.98. The van der Waals surface area contributed by atoms with E-state index in [-0.39, 0.29) is 5.97 Å². The van der Waals surface area contributed by atoms with Crippen molar-refractivity contribution in [2.24, 2.45) is 0 Å². The zero-order valence-electron chi connectivity index (χ0n) is 10.0. The molecule has 1 rings (SSSR count). The maximum absolute atomic E-state index is 10.8. The van der Waals surface area contributed by atoms with Crippen LogP contribution < -0.4 is 5.32 Å². The van der Waals surface area contributed by atoms with Crippen LogP contribution in [0.3, 0.4) is 0 Å². The highest BCUT2D eigenvalue weighted by Crippen LogP contribution is 2.07. The van der Waals surface area contributed by atoms with Gasteiger partial charge in [0.15, 0.2) is 0 Å². The van der Waals surface area contributed by atoms with E-state index < -0.39 is 0 Å². The van der Waals surface area contributed by atoms with Crippen molar-refractivity contribution in [3.8, 4) is 0 Å². The molecule has 1 aromatic heterocycles. The zero-order valence-corrected chi connectivity index (χ0v) is 10.0. The quantitative estimate of drug-likeness (QED) is 0.585. The van der Waals surface area contributed by atoms with E-state index in [9.17, 15) is 4.79 Å². The lowest BCUT2D eigenvalue weighted by Crippen LogP contribution is -2.16. The lowest BCUT2D eigenvalue weighted by molar-refractivity contribution is -0.140. The van der Waals surface area contributed by atoms with E-state index in [1.165, 1.54) is 7.11 Å². The van der Waals surface area contributed by atoms with Gasteiger partial charge in [-0.2, -0.15) is 0 Å². The number of hydrogen-bond donors (Lipinski definition) is 1. The fourth-order valence-corrected chi connectivity index (χ4v) is 1.27. The molecule has 0 unspecified atom stereocenters. The van der Waals surface area contributed by atoms with Crippen LogP contribution in [0.2, 0.25) is 0 Å². The van der Waals surface area contributed by atoms with Gasteiger partial charge < -0.3 is 14.5 Å². The van der Waals surface area contributed by atoms with Crippen molar-refractivity contribution >= 4 is 5.97 Å². The highest BCUT2D eigenvalue weighted by Gasteiger charge is 2.04. The summed E-state index contributed by atoms with van der Waals surface area (Å²) in [7, 11) is 1.40. The summed E-state index contributed by atoms with van der Waals surface area (Å²) in [5.74, 6) is 1.36. The third-order valence-corrected chi connectivity index (χ3v) is 2.31. The molecule has 0 fully saturated rings. The second-order valence-electron chi connectivity index (χ2n) is 3.61. The highest BCUT2D eigenvalue weighted by molar-refractivity contribution is 5.69. The summed E-state index contributed by atoms with van der Waals surface area (Å²) >= 11 is 0. The van der Waals surface area contributed by atoms with Crippen LogP contribution in [-0.2, 0) is 16.1 Å². The third-order valence-electron chi connectivity index (χ3n) is 2.31. The first-order valence-corrected chi connectivity index (χ1v) is 5.34. The number of rotatable bonds is 6. The van der Waals surface area contributed by atoms with Gasteiger partial charge in [-0.05, 0) is 26.8 Å². The second kappa shape index (κ2) is 6.27. The lowest BCUT2D eigenvalue weighted by atomic mass is 10.3. The number of hydrogen-bond acceptors (Lipinski definition) is 5. The summed E-state index contributed by atoms with van der Waals surface area (Å²) in [5, 5.41) is 3.16. The van der Waals surface area contributed by atoms with E-state index >= 15 is 0 Å². The molecule has 0 aliphatic rings. The van der Waals surface area contributed by atoms with Gasteiger partial charge in [-0.3, -0.25) is 4.79 Å². The molecule has 0 aromatic carbocycles. The van der Waals surface area contributed by atoms with E-state index in [0.717, 1.165) is 24.4 Å². The van der Waals surface area contributed by atoms with Gasteiger partial charge in [-0.25, -0.2) is 4.98 Å². The third kappa shape index (κ3) is 4.02. The average molecular weight is 226 g/mol. The molecule has 0 bridgehead atoms. The summed E-state index contributed by atoms with van der Waals surface area (Å²) in [4.78, 5) is 15.1. The Morgan fingerprint density at radius 1 is 1.50 bits per heavy atom. The van der Waals surface area contributed by atoms with Gasteiger partial charge in [0.1, 0.15) is 5.76 Å². The number of aryl methyl sites for hydroxylation is 2. The first-order chi connectivity index (χ1) is 7.63. The molecule has 5 nitrogen and oxygen atoms in total. The van der Waals surface area contributed by atoms with E-state index in [1.807, 2.05) is 13.8 Å². The molecule has 0 aliphatic heterocycles. The van der Waals surface area contributed by atoms with Crippen molar-refractivity contribution in [3.05, 3.63) is 17.3 Å². The Labute approximate surface area is 95.2 Å². The predicted octanol–water partition coefficient (Wildman–Crippen LogP) is 1.33. The van der Waals surface area contributed by atoms with Crippen LogP contribution in [0.4, 0.5) is 0 Å². The Balaban J connectivity index is 2.14. The number of esters is 1. The van der Waals surface area contributed by atoms with Gasteiger partial charge in [0.05, 0.1) is 19.3 Å². The highest BCUT2D eigenvalue weighted by atomic mass is 16.5. The van der Waals surface area contributed by atoms with Crippen molar-refractivity contribution in [1.29, 1.82) is 0 Å². The first-order valence-electron chi connectivity index (χ1n) is 5.34. The van der Waals surface area contributed by atoms with Crippen LogP contribution in [0.1, 0.15) is 30.2 Å². The number of nitrogens with one attached hydrogen (secondary N) is 1. The minimum Gasteiger partial charge on any atom is -0.469 e. The van der Waals surface area contributed by atoms with Crippen LogP contribution >= 0.6 is 0 Å². The molecule has 1 N–H and O–H groups in total. The molecule has 0 amide bonds. The Hall–Kier alpha value is -1.36. The number of carbonyl (C=O) groups excluding carboxylic acids is 1. The molecule has 0 radical (unpaired) electrons. The molecule has 1 heterocycles. The van der Waals surface area contributed by atoms with Crippen molar-refractivity contribution in [2.75, 3.05) is 13.7 Å². The summed E-state index contributed by atoms with van der Waals surface area (Å²) in [5.41, 5.74) is 0.923. The minimum atomic E-state index is -0.176. The second-order valence-corrected chi connectivity index (χ2v) is 3.61. The number of methoxy groups -OCH3 is 1. The Morgan fingerprint density at radius 3 is 2.81 bits per heavy atom. The van der Waals surface area contributed by atoms with Crippen LogP contribution in [0.15, 0.2) is 4.42 Å². The Bertz CT molecular complexity index is 327. The van der Waals surface area contributed by atoms with E-state index in [0.29, 0.717) is 18.9 Å². The monoisotopic (exact) mass is 226 g/mol. The smallest absolute Gasteiger partial charge is 0.305 e. The maximum Gasteiger partial charge on any atom is 0.305 e. The number of nitrogens with zero attached hydrogens (tertiary/aromatic N) is 1. The van der Waals surface area contributed by atoms with E-state index in [2.05, 4.69) is 15.0 Å². The normalized spacial score (nSPS) is 10.4. The van der Waals surface area contributed by atoms with Crippen molar-refractivity contribution in [1.82, 2.24) is 10.3 Å². The molecule has 90 valence electrons. The lowest BCUT2D eigenvalue weighted by Gasteiger charge is -2.01. The molecule has 0 saturated carbocycles. The van der Waals surface area contributed by atoms with Crippen molar-refractivity contribution in [3.63, 3.8) is 0 Å². The number of ether oxygens (including phenoxy) is 1. The summed E-state index contributed by atoms with van der Waals surface area (Å²) < 4.78 is 9.93. The van der Waals surface area contributed by atoms with Crippen molar-refractivity contribution in [2.45, 2.75) is 33.2 Å². The molecular formula is C11H18N2O3. The molecule has 0 atom stereocenters. The maximum atomic E-state index is 10.8. The molecule has 0 saturated heterocycles. The molecular weight excluding hydrogens is 208 g/mol. The summed E-state index contributed by atoms with van der Waals surface area (Å²) in [6, 6.07) is 0. The fourth-order valence-electron chi connectivity index (χ4n) is 1.27.